The minimum absolute atomic E-state index is 0.308. The molecule has 7 atom stereocenters. The van der Waals surface area contributed by atoms with Gasteiger partial charge in [0.15, 0.2) is 46.7 Å². The summed E-state index contributed by atoms with van der Waals surface area (Å²) in [6, 6.07) is 10.7. The number of Topliss-reactive ketones (excluding diaryl/α,β-unsaturated/α-hetero) is 5. The first-order valence-electron chi connectivity index (χ1n) is 19.0. The van der Waals surface area contributed by atoms with Gasteiger partial charge in [0.2, 0.25) is 5.60 Å². The number of rotatable bonds is 13. The zero-order valence-electron chi connectivity index (χ0n) is 36.0. The summed E-state index contributed by atoms with van der Waals surface area (Å²) in [6.45, 7) is 16.9. The van der Waals surface area contributed by atoms with E-state index in [0.717, 1.165) is 19.2 Å². The summed E-state index contributed by atoms with van der Waals surface area (Å²) >= 11 is 0. The normalized spacial score (nSPS) is 25.3. The molecule has 0 aromatic heterocycles. The van der Waals surface area contributed by atoms with Gasteiger partial charge in [-0.1, -0.05) is 120 Å². The van der Waals surface area contributed by atoms with Crippen molar-refractivity contribution in [2.75, 3.05) is 13.7 Å². The second kappa shape index (κ2) is 16.0. The van der Waals surface area contributed by atoms with Gasteiger partial charge in [0.05, 0.1) is 12.7 Å². The first-order valence-corrected chi connectivity index (χ1v) is 19.0. The Morgan fingerprint density at radius 2 is 1.21 bits per heavy atom. The van der Waals surface area contributed by atoms with E-state index >= 15 is 9.59 Å². The molecule has 3 rings (SSSR count). The molecule has 0 radical (unpaired) electrons. The van der Waals surface area contributed by atoms with Crippen LogP contribution in [0.3, 0.4) is 0 Å². The molecule has 1 fully saturated rings. The van der Waals surface area contributed by atoms with Crippen LogP contribution in [0.4, 0.5) is 0 Å². The number of carbonyl (C=O) groups excluding carboxylic acids is 5. The minimum Gasteiger partial charge on any atom is -0.496 e. The molecule has 14 heteroatoms. The summed E-state index contributed by atoms with van der Waals surface area (Å²) in [5, 5.41) is 61.4. The van der Waals surface area contributed by atoms with Gasteiger partial charge in [-0.2, -0.15) is 0 Å². The highest BCUT2D eigenvalue weighted by Crippen LogP contribution is 2.59. The molecule has 1 aliphatic rings. The first kappa shape index (κ1) is 48.0. The maximum atomic E-state index is 15.1. The summed E-state index contributed by atoms with van der Waals surface area (Å²) < 4.78 is 17.6. The van der Waals surface area contributed by atoms with Crippen LogP contribution in [0.5, 0.6) is 11.5 Å². The highest BCUT2D eigenvalue weighted by molar-refractivity contribution is 6.11. The van der Waals surface area contributed by atoms with Crippen LogP contribution in [-0.2, 0) is 28.7 Å². The van der Waals surface area contributed by atoms with Gasteiger partial charge in [-0.25, -0.2) is 4.79 Å². The highest BCUT2D eigenvalue weighted by atomic mass is 16.6. The summed E-state index contributed by atoms with van der Waals surface area (Å²) in [4.78, 5) is 85.0. The van der Waals surface area contributed by atoms with E-state index in [4.69, 9.17) is 14.2 Å². The van der Waals surface area contributed by atoms with Gasteiger partial charge in [0, 0.05) is 39.2 Å². The van der Waals surface area contributed by atoms with Crippen LogP contribution in [0.15, 0.2) is 42.5 Å². The predicted molar refractivity (Wildman–Crippen MR) is 212 cm³/mol. The van der Waals surface area contributed by atoms with Crippen molar-refractivity contribution in [1.82, 2.24) is 0 Å². The van der Waals surface area contributed by atoms with Gasteiger partial charge in [-0.15, -0.1) is 0 Å². The average Bonchev–Trinajstić information content (AvgIpc) is 3.12. The van der Waals surface area contributed by atoms with Crippen LogP contribution in [0, 0.1) is 21.7 Å². The average molecular weight is 813 g/mol. The number of ether oxygens (including phenoxy) is 3. The van der Waals surface area contributed by atoms with E-state index in [9.17, 15) is 44.7 Å². The number of ketones is 5. The fraction of sp³-hybridized carbons (Fsp3) is 0.591. The number of aliphatic hydroxyl groups is 4. The largest absolute Gasteiger partial charge is 0.496 e. The van der Waals surface area contributed by atoms with E-state index < -0.39 is 110 Å². The van der Waals surface area contributed by atoms with Crippen molar-refractivity contribution in [2.24, 2.45) is 21.7 Å². The molecular weight excluding hydrogens is 752 g/mol. The Balaban J connectivity index is 2.73. The van der Waals surface area contributed by atoms with E-state index in [1.807, 2.05) is 0 Å². The molecule has 2 aromatic rings. The lowest BCUT2D eigenvalue weighted by molar-refractivity contribution is -0.336. The molecule has 2 aromatic carbocycles. The molecule has 1 aliphatic heterocycles. The summed E-state index contributed by atoms with van der Waals surface area (Å²) in [7, 11) is 1.14. The first-order chi connectivity index (χ1) is 26.2. The van der Waals surface area contributed by atoms with E-state index in [0.29, 0.717) is 5.56 Å². The lowest BCUT2D eigenvalue weighted by atomic mass is 9.51. The molecule has 58 heavy (non-hydrogen) atoms. The van der Waals surface area contributed by atoms with Crippen LogP contribution in [0.2, 0.25) is 0 Å². The lowest BCUT2D eigenvalue weighted by Crippen LogP contribution is -2.88. The molecule has 5 N–H and O–H groups in total. The van der Waals surface area contributed by atoms with Crippen molar-refractivity contribution in [3.05, 3.63) is 59.2 Å². The zero-order valence-corrected chi connectivity index (χ0v) is 36.0. The Bertz CT molecular complexity index is 1940. The van der Waals surface area contributed by atoms with E-state index in [1.54, 1.807) is 37.3 Å². The number of aliphatic carboxylic acids is 1. The SMILES string of the molecule is COc1cc(OCC(=O)O)c(C(=O)C(C)c2ccccc2)cc1[C@@H]1O[C@H](C(O)C(=O)C(C)(C)C)[C@](O)(C(=O)C(C)(C)C)[C@@](O)(C(=O)C(C)(C)C)[C@]1(O)C(=O)C(C)(C)C. The van der Waals surface area contributed by atoms with Crippen molar-refractivity contribution in [3.63, 3.8) is 0 Å². The summed E-state index contributed by atoms with van der Waals surface area (Å²) in [5.41, 5.74) is -18.1. The molecule has 0 spiro atoms. The quantitative estimate of drug-likeness (QED) is 0.174. The maximum absolute atomic E-state index is 15.1. The molecule has 1 heterocycles. The zero-order chi connectivity index (χ0) is 44.9. The Labute approximate surface area is 339 Å². The molecule has 14 nitrogen and oxygen atoms in total. The fourth-order valence-electron chi connectivity index (χ4n) is 7.36. The highest BCUT2D eigenvalue weighted by Gasteiger charge is 2.83. The van der Waals surface area contributed by atoms with Gasteiger partial charge in [-0.05, 0) is 11.6 Å². The number of carboxylic acids is 1. The van der Waals surface area contributed by atoms with Crippen molar-refractivity contribution in [2.45, 2.75) is 131 Å². The van der Waals surface area contributed by atoms with Crippen molar-refractivity contribution < 1.29 is 68.5 Å². The van der Waals surface area contributed by atoms with E-state index in [-0.39, 0.29) is 17.1 Å². The smallest absolute Gasteiger partial charge is 0.341 e. The molecular formula is C44H60O14. The third-order valence-electron chi connectivity index (χ3n) is 10.5. The molecule has 320 valence electrons. The standard InChI is InChI=1S/C44H60O14/c1-23(24-18-16-15-17-19-24)30(47)25-20-26(27(56-14)21-28(25)57-22-29(45)46)33-42(53,35(50)39(5,6)7)44(55,37(52)41(11,12)13)43(54,36(51)40(8,9)10)34(58-33)31(48)32(49)38(2,3)4/h15-21,23,31,33-34,48,53-55H,22H2,1-14H3,(H,45,46)/t23?,31?,33-,34+,42+,43-,44+/m0/s1. The minimum atomic E-state index is -3.91. The lowest BCUT2D eigenvalue weighted by Gasteiger charge is -2.62. The summed E-state index contributed by atoms with van der Waals surface area (Å²) in [6.07, 6.45) is -7.45. The van der Waals surface area contributed by atoms with Crippen molar-refractivity contribution in [1.29, 1.82) is 0 Å². The van der Waals surface area contributed by atoms with Crippen molar-refractivity contribution >= 4 is 34.9 Å². The molecule has 0 aliphatic carbocycles. The third-order valence-corrected chi connectivity index (χ3v) is 10.5. The monoisotopic (exact) mass is 812 g/mol. The van der Waals surface area contributed by atoms with Gasteiger partial charge < -0.3 is 39.7 Å². The maximum Gasteiger partial charge on any atom is 0.341 e. The van der Waals surface area contributed by atoms with Crippen LogP contribution in [0.1, 0.15) is 124 Å². The van der Waals surface area contributed by atoms with Crippen molar-refractivity contribution in [3.8, 4) is 11.5 Å². The number of hydrogen-bond acceptors (Lipinski definition) is 13. The van der Waals surface area contributed by atoms with Crippen LogP contribution in [0.25, 0.3) is 0 Å². The van der Waals surface area contributed by atoms with Gasteiger partial charge in [0.1, 0.15) is 29.8 Å². The van der Waals surface area contributed by atoms with Crippen LogP contribution in [-0.4, -0.2) is 103 Å². The van der Waals surface area contributed by atoms with Gasteiger partial charge >= 0.3 is 5.97 Å². The number of methoxy groups -OCH3 is 1. The van der Waals surface area contributed by atoms with Crippen LogP contribution < -0.4 is 9.47 Å². The number of benzene rings is 2. The van der Waals surface area contributed by atoms with Crippen LogP contribution >= 0.6 is 0 Å². The second-order valence-corrected chi connectivity index (χ2v) is 19.2. The molecule has 1 saturated heterocycles. The number of aliphatic hydroxyl groups excluding tert-OH is 1. The van der Waals surface area contributed by atoms with Gasteiger partial charge in [-0.3, -0.25) is 24.0 Å². The fourth-order valence-corrected chi connectivity index (χ4v) is 7.36. The molecule has 0 amide bonds. The molecule has 0 saturated carbocycles. The number of carbonyl (C=O) groups is 6. The molecule has 0 bridgehead atoms. The Kier molecular flexibility index (Phi) is 13.3. The Morgan fingerprint density at radius 3 is 1.64 bits per heavy atom. The Morgan fingerprint density at radius 1 is 0.724 bits per heavy atom. The number of carboxylic acid groups (broad SMARTS) is 1. The van der Waals surface area contributed by atoms with E-state index in [2.05, 4.69) is 0 Å². The Hall–Kier alpha value is -4.34. The molecule has 2 unspecified atom stereocenters. The summed E-state index contributed by atoms with van der Waals surface area (Å²) in [5.74, 6) is -8.73. The van der Waals surface area contributed by atoms with E-state index in [1.165, 1.54) is 83.1 Å². The number of hydrogen-bond donors (Lipinski definition) is 5. The predicted octanol–water partition coefficient (Wildman–Crippen LogP) is 4.60. The topological polar surface area (TPSA) is 231 Å². The third kappa shape index (κ3) is 8.26. The van der Waals surface area contributed by atoms with Gasteiger partial charge in [0.25, 0.3) is 0 Å². The second-order valence-electron chi connectivity index (χ2n) is 19.2.